The number of pyridine rings is 1. The Morgan fingerprint density at radius 2 is 1.77 bits per heavy atom. The number of hydrogen-bond donors (Lipinski definition) is 2. The van der Waals surface area contributed by atoms with Crippen molar-refractivity contribution in [1.82, 2.24) is 30.0 Å². The number of amides is 2. The average molecular weight is 763 g/mol. The van der Waals surface area contributed by atoms with E-state index in [1.165, 1.54) is 0 Å². The second-order valence-electron chi connectivity index (χ2n) is 14.0. The zero-order valence-corrected chi connectivity index (χ0v) is 29.2. The number of alkyl carbamates (subject to hydrolysis) is 1. The van der Waals surface area contributed by atoms with Crippen molar-refractivity contribution in [2.45, 2.75) is 69.8 Å². The van der Waals surface area contributed by atoms with Crippen LogP contribution in [0.1, 0.15) is 69.5 Å². The number of nitrogens with zero attached hydrogens (tertiary/aromatic N) is 6. The molecule has 280 valence electrons. The molecule has 2 atom stereocenters. The number of ether oxygens (including phenoxy) is 1. The van der Waals surface area contributed by atoms with E-state index in [-0.39, 0.29) is 30.8 Å². The molecular formula is C35H33ClF6N8O3. The number of halogens is 7. The van der Waals surface area contributed by atoms with Crippen molar-refractivity contribution in [2.75, 3.05) is 6.61 Å². The molecule has 4 aromatic rings. The molecule has 0 spiro atoms. The fourth-order valence-electron chi connectivity index (χ4n) is 6.36. The number of nitrogens with two attached hydrogens (primary N) is 1. The predicted molar refractivity (Wildman–Crippen MR) is 180 cm³/mol. The molecule has 53 heavy (non-hydrogen) atoms. The van der Waals surface area contributed by atoms with Crippen molar-refractivity contribution in [1.29, 1.82) is 0 Å². The van der Waals surface area contributed by atoms with Crippen molar-refractivity contribution in [2.24, 2.45) is 16.1 Å². The molecule has 2 aliphatic rings. The maximum atomic E-state index is 15.6. The highest BCUT2D eigenvalue weighted by molar-refractivity contribution is 6.32. The van der Waals surface area contributed by atoms with E-state index >= 15 is 4.39 Å². The number of rotatable bonds is 10. The second-order valence-corrected chi connectivity index (χ2v) is 14.4. The second kappa shape index (κ2) is 13.7. The Morgan fingerprint density at radius 1 is 1.08 bits per heavy atom. The summed E-state index contributed by atoms with van der Waals surface area (Å²) in [4.78, 5) is 41.2. The van der Waals surface area contributed by atoms with Crippen LogP contribution in [0, 0.1) is 11.2 Å². The predicted octanol–water partition coefficient (Wildman–Crippen LogP) is 7.41. The minimum atomic E-state index is -4.76. The molecule has 1 unspecified atom stereocenters. The van der Waals surface area contributed by atoms with Crippen LogP contribution in [0.25, 0.3) is 16.9 Å². The lowest BCUT2D eigenvalue weighted by atomic mass is 9.75. The molecule has 3 N–H and O–H groups in total. The summed E-state index contributed by atoms with van der Waals surface area (Å²) < 4.78 is 90.0. The Hall–Kier alpha value is -5.19. The number of hydrogen-bond acceptors (Lipinski definition) is 8. The van der Waals surface area contributed by atoms with Gasteiger partial charge in [0.05, 0.1) is 17.4 Å². The number of aromatic nitrogens is 4. The van der Waals surface area contributed by atoms with E-state index in [9.17, 15) is 31.5 Å². The molecular weight excluding hydrogens is 730 g/mol. The minimum absolute atomic E-state index is 0.0953. The summed E-state index contributed by atoms with van der Waals surface area (Å²) in [6, 6.07) is 12.7. The Morgan fingerprint density at radius 3 is 2.36 bits per heavy atom. The van der Waals surface area contributed by atoms with Gasteiger partial charge in [0, 0.05) is 11.8 Å². The molecule has 11 nitrogen and oxygen atoms in total. The monoisotopic (exact) mass is 762 g/mol. The van der Waals surface area contributed by atoms with Gasteiger partial charge in [-0.15, -0.1) is 0 Å². The number of carbonyl (C=O) groups is 2. The first-order chi connectivity index (χ1) is 24.9. The molecule has 0 bridgehead atoms. The zero-order chi connectivity index (χ0) is 38.5. The number of nitrogens with one attached hydrogen (secondary N) is 1. The van der Waals surface area contributed by atoms with Gasteiger partial charge in [-0.05, 0) is 60.1 Å². The van der Waals surface area contributed by atoms with Crippen LogP contribution >= 0.6 is 11.6 Å². The van der Waals surface area contributed by atoms with E-state index in [2.05, 4.69) is 20.1 Å². The third kappa shape index (κ3) is 7.26. The zero-order valence-electron chi connectivity index (χ0n) is 28.5. The molecule has 1 aliphatic heterocycles. The number of guanidine groups is 1. The molecule has 1 aliphatic carbocycles. The molecule has 6 rings (SSSR count). The average Bonchev–Trinajstić information content (AvgIpc) is 3.64. The minimum Gasteiger partial charge on any atom is -0.447 e. The van der Waals surface area contributed by atoms with Crippen molar-refractivity contribution >= 4 is 29.6 Å². The topological polar surface area (TPSA) is 141 Å². The van der Waals surface area contributed by atoms with Crippen molar-refractivity contribution in [3.8, 4) is 16.9 Å². The van der Waals surface area contributed by atoms with Gasteiger partial charge in [0.15, 0.2) is 17.3 Å². The highest BCUT2D eigenvalue weighted by Gasteiger charge is 2.64. The van der Waals surface area contributed by atoms with Crippen LogP contribution in [0.3, 0.4) is 0 Å². The quantitative estimate of drug-likeness (QED) is 0.160. The lowest BCUT2D eigenvalue weighted by Crippen LogP contribution is -2.50. The number of alkyl halides is 5. The molecule has 2 aromatic heterocycles. The molecule has 18 heteroatoms. The lowest BCUT2D eigenvalue weighted by molar-refractivity contribution is -0.164. The molecule has 2 amide bonds. The number of carbonyl (C=O) groups excluding carboxylic acids is 2. The molecule has 0 radical (unpaired) electrons. The SMILES string of the molecule is CC(C)(C)C[C@]1(c2ccc(-c3ccccn3)cc2)N=C(N)N(C(COC(=O)NC2(C(F)(F)F)CC2)c2cc(F)c(Cl)c(-n3ncnc3C(F)F)c2)C1=O. The first kappa shape index (κ1) is 37.6. The summed E-state index contributed by atoms with van der Waals surface area (Å²) in [5.74, 6) is -3.15. The van der Waals surface area contributed by atoms with Gasteiger partial charge in [0.25, 0.3) is 12.3 Å². The van der Waals surface area contributed by atoms with Gasteiger partial charge in [0.2, 0.25) is 0 Å². The van der Waals surface area contributed by atoms with E-state index in [0.29, 0.717) is 15.9 Å². The van der Waals surface area contributed by atoms with Crippen LogP contribution in [-0.2, 0) is 15.1 Å². The highest BCUT2D eigenvalue weighted by atomic mass is 35.5. The highest BCUT2D eigenvalue weighted by Crippen LogP contribution is 2.49. The normalized spacial score (nSPS) is 19.0. The van der Waals surface area contributed by atoms with Crippen molar-refractivity contribution < 1.29 is 40.7 Å². The maximum Gasteiger partial charge on any atom is 0.411 e. The standard InChI is InChI=1S/C35H33ClF6N8O3/c1-32(2,3)17-34(21-9-7-19(8-10-21)23-6-4-5-13-44-23)29(51)49(30(43)47-34)25(16-53-31(52)48-33(11-12-33)35(40,41)42)20-14-22(37)26(36)24(15-20)50-28(27(38)39)45-18-46-50/h4-10,13-15,18,25,27H,11-12,16-17H2,1-3H3,(H2,43,47)(H,48,52)/t25?,34-/m1/s1. The van der Waals surface area contributed by atoms with Gasteiger partial charge in [-0.1, -0.05) is 62.7 Å². The molecule has 0 saturated heterocycles. The van der Waals surface area contributed by atoms with E-state index in [1.54, 1.807) is 36.5 Å². The fraction of sp³-hybridized carbons (Fsp3) is 0.371. The fourth-order valence-corrected chi connectivity index (χ4v) is 6.55. The summed E-state index contributed by atoms with van der Waals surface area (Å²) >= 11 is 6.22. The Bertz CT molecular complexity index is 2050. The van der Waals surface area contributed by atoms with Gasteiger partial charge in [-0.25, -0.2) is 32.6 Å². The lowest BCUT2D eigenvalue weighted by Gasteiger charge is -2.35. The summed E-state index contributed by atoms with van der Waals surface area (Å²) in [6.45, 7) is 4.75. The van der Waals surface area contributed by atoms with Gasteiger partial charge in [-0.3, -0.25) is 14.7 Å². The van der Waals surface area contributed by atoms with Gasteiger partial charge >= 0.3 is 12.3 Å². The third-order valence-corrected chi connectivity index (χ3v) is 9.34. The van der Waals surface area contributed by atoms with E-state index in [4.69, 9.17) is 22.1 Å². The van der Waals surface area contributed by atoms with Gasteiger partial charge < -0.3 is 15.8 Å². The number of benzene rings is 2. The van der Waals surface area contributed by atoms with E-state index < -0.39 is 76.1 Å². The van der Waals surface area contributed by atoms with Crippen LogP contribution in [-0.4, -0.2) is 60.9 Å². The molecule has 2 aromatic carbocycles. The Kier molecular flexibility index (Phi) is 9.68. The van der Waals surface area contributed by atoms with Gasteiger partial charge in [0.1, 0.15) is 29.3 Å². The third-order valence-electron chi connectivity index (χ3n) is 8.97. The Balaban J connectivity index is 1.43. The molecule has 3 heterocycles. The van der Waals surface area contributed by atoms with Gasteiger partial charge in [-0.2, -0.15) is 18.3 Å². The van der Waals surface area contributed by atoms with Crippen LogP contribution in [0.5, 0.6) is 0 Å². The smallest absolute Gasteiger partial charge is 0.411 e. The van der Waals surface area contributed by atoms with Crippen LogP contribution in [0.2, 0.25) is 5.02 Å². The van der Waals surface area contributed by atoms with Crippen LogP contribution < -0.4 is 11.1 Å². The Labute approximate surface area is 304 Å². The molecule has 1 saturated carbocycles. The first-order valence-electron chi connectivity index (χ1n) is 16.3. The van der Waals surface area contributed by atoms with E-state index in [1.807, 2.05) is 38.2 Å². The van der Waals surface area contributed by atoms with Crippen LogP contribution in [0.15, 0.2) is 72.1 Å². The summed E-state index contributed by atoms with van der Waals surface area (Å²) in [5.41, 5.74) is 3.01. The summed E-state index contributed by atoms with van der Waals surface area (Å²) in [7, 11) is 0. The van der Waals surface area contributed by atoms with Crippen molar-refractivity contribution in [3.63, 3.8) is 0 Å². The summed E-state index contributed by atoms with van der Waals surface area (Å²) in [6.07, 6.45) is -7.60. The maximum absolute atomic E-state index is 15.6. The van der Waals surface area contributed by atoms with Crippen LogP contribution in [0.4, 0.5) is 31.1 Å². The molecule has 1 fully saturated rings. The summed E-state index contributed by atoms with van der Waals surface area (Å²) in [5, 5.41) is 4.95. The largest absolute Gasteiger partial charge is 0.447 e. The number of aliphatic imine (C=N–C) groups is 1. The van der Waals surface area contributed by atoms with Crippen molar-refractivity contribution in [3.05, 3.63) is 94.9 Å². The van der Waals surface area contributed by atoms with E-state index in [0.717, 1.165) is 28.9 Å². The first-order valence-corrected chi connectivity index (χ1v) is 16.6.